The minimum Gasteiger partial charge on any atom is -0.384 e. The first-order chi connectivity index (χ1) is 9.08. The summed E-state index contributed by atoms with van der Waals surface area (Å²) in [5.74, 6) is 4.81. The van der Waals surface area contributed by atoms with Crippen LogP contribution >= 0.6 is 11.3 Å². The highest BCUT2D eigenvalue weighted by Gasteiger charge is 2.12. The number of carbonyl (C=O) groups excluding carboxylic acids is 2. The van der Waals surface area contributed by atoms with E-state index < -0.39 is 0 Å². The van der Waals surface area contributed by atoms with E-state index in [1.807, 2.05) is 13.8 Å². The van der Waals surface area contributed by atoms with E-state index in [1.54, 1.807) is 6.07 Å². The number of carbonyl (C=O) groups is 2. The predicted molar refractivity (Wildman–Crippen MR) is 74.0 cm³/mol. The van der Waals surface area contributed by atoms with Gasteiger partial charge >= 0.3 is 0 Å². The maximum atomic E-state index is 11.8. The molecule has 0 unspecified atom stereocenters. The lowest BCUT2D eigenvalue weighted by Crippen LogP contribution is -2.36. The van der Waals surface area contributed by atoms with E-state index in [9.17, 15) is 9.59 Å². The first kappa shape index (κ1) is 15.2. The molecule has 3 N–H and O–H groups in total. The molecule has 1 rings (SSSR count). The Morgan fingerprint density at radius 3 is 2.79 bits per heavy atom. The molecule has 0 bridgehead atoms. The van der Waals surface area contributed by atoms with Crippen LogP contribution in [0.2, 0.25) is 0 Å². The summed E-state index contributed by atoms with van der Waals surface area (Å²) in [6.45, 7) is 3.94. The van der Waals surface area contributed by atoms with Crippen molar-refractivity contribution in [2.75, 3.05) is 19.7 Å². The number of hydrogen-bond donors (Lipinski definition) is 3. The lowest BCUT2D eigenvalue weighted by atomic mass is 10.2. The summed E-state index contributed by atoms with van der Waals surface area (Å²) in [5.41, 5.74) is 0.883. The monoisotopic (exact) mass is 280 g/mol. The Balaban J connectivity index is 2.65. The molecule has 0 aliphatic heterocycles. The summed E-state index contributed by atoms with van der Waals surface area (Å²) < 4.78 is 0. The van der Waals surface area contributed by atoms with Crippen molar-refractivity contribution >= 4 is 23.2 Å². The van der Waals surface area contributed by atoms with Gasteiger partial charge in [0, 0.05) is 6.54 Å². The van der Waals surface area contributed by atoms with Gasteiger partial charge in [0.15, 0.2) is 0 Å². The van der Waals surface area contributed by atoms with Crippen molar-refractivity contribution in [2.45, 2.75) is 13.8 Å². The van der Waals surface area contributed by atoms with Crippen molar-refractivity contribution < 1.29 is 14.7 Å². The van der Waals surface area contributed by atoms with E-state index in [2.05, 4.69) is 22.5 Å². The van der Waals surface area contributed by atoms with Gasteiger partial charge in [-0.3, -0.25) is 9.59 Å². The Kier molecular flexibility index (Phi) is 6.06. The van der Waals surface area contributed by atoms with Crippen molar-refractivity contribution in [2.24, 2.45) is 0 Å². The summed E-state index contributed by atoms with van der Waals surface area (Å²) in [6, 6.07) is 1.72. The van der Waals surface area contributed by atoms with E-state index in [1.165, 1.54) is 11.3 Å². The van der Waals surface area contributed by atoms with Crippen LogP contribution in [0.3, 0.4) is 0 Å². The second-order valence-electron chi connectivity index (χ2n) is 3.72. The number of hydrogen-bond acceptors (Lipinski definition) is 4. The zero-order valence-electron chi connectivity index (χ0n) is 10.9. The minimum absolute atomic E-state index is 0.0404. The van der Waals surface area contributed by atoms with Gasteiger partial charge in [-0.1, -0.05) is 11.8 Å². The molecule has 0 radical (unpaired) electrons. The number of amides is 2. The molecule has 1 aromatic rings. The molecule has 102 valence electrons. The highest BCUT2D eigenvalue weighted by Crippen LogP contribution is 2.20. The standard InChI is InChI=1S/C13H16N2O3S/c1-3-14-12(17)8-15-13(18)11-7-9(2)10(19-11)5-4-6-16/h7,16H,3,6,8H2,1-2H3,(H,14,17)(H,15,18). The van der Waals surface area contributed by atoms with Gasteiger partial charge in [0.1, 0.15) is 6.61 Å². The smallest absolute Gasteiger partial charge is 0.261 e. The molecule has 0 aliphatic rings. The summed E-state index contributed by atoms with van der Waals surface area (Å²) in [5, 5.41) is 13.8. The number of aryl methyl sites for hydroxylation is 1. The zero-order chi connectivity index (χ0) is 14.3. The number of likely N-dealkylation sites (N-methyl/N-ethyl adjacent to an activating group) is 1. The zero-order valence-corrected chi connectivity index (χ0v) is 11.7. The molecule has 1 aromatic heterocycles. The molecule has 2 amide bonds. The van der Waals surface area contributed by atoms with E-state index in [-0.39, 0.29) is 25.0 Å². The van der Waals surface area contributed by atoms with Crippen LogP contribution in [0, 0.1) is 18.8 Å². The molecule has 0 atom stereocenters. The van der Waals surface area contributed by atoms with Gasteiger partial charge in [0.2, 0.25) is 5.91 Å². The van der Waals surface area contributed by atoms with Gasteiger partial charge in [-0.15, -0.1) is 11.3 Å². The van der Waals surface area contributed by atoms with E-state index in [4.69, 9.17) is 5.11 Å². The summed E-state index contributed by atoms with van der Waals surface area (Å²) in [6.07, 6.45) is 0. The highest BCUT2D eigenvalue weighted by molar-refractivity contribution is 7.14. The summed E-state index contributed by atoms with van der Waals surface area (Å²) in [7, 11) is 0. The maximum absolute atomic E-state index is 11.8. The molecule has 0 aliphatic carbocycles. The Morgan fingerprint density at radius 2 is 2.16 bits per heavy atom. The number of rotatable bonds is 4. The van der Waals surface area contributed by atoms with Crippen molar-refractivity contribution in [1.82, 2.24) is 10.6 Å². The van der Waals surface area contributed by atoms with Crippen molar-refractivity contribution in [3.8, 4) is 11.8 Å². The normalized spacial score (nSPS) is 9.42. The Bertz CT molecular complexity index is 526. The van der Waals surface area contributed by atoms with Crippen molar-refractivity contribution in [3.05, 3.63) is 21.4 Å². The van der Waals surface area contributed by atoms with Crippen LogP contribution in [-0.2, 0) is 4.79 Å². The van der Waals surface area contributed by atoms with E-state index in [0.717, 1.165) is 10.4 Å². The first-order valence-corrected chi connectivity index (χ1v) is 6.65. The molecule has 0 spiro atoms. The average Bonchev–Trinajstić information content (AvgIpc) is 2.75. The molecular formula is C13H16N2O3S. The maximum Gasteiger partial charge on any atom is 0.261 e. The lowest BCUT2D eigenvalue weighted by molar-refractivity contribution is -0.120. The predicted octanol–water partition coefficient (Wildman–Crippen LogP) is 0.266. The van der Waals surface area contributed by atoms with Gasteiger partial charge < -0.3 is 15.7 Å². The topological polar surface area (TPSA) is 78.4 Å². The lowest BCUT2D eigenvalue weighted by Gasteiger charge is -2.03. The van der Waals surface area contributed by atoms with Crippen molar-refractivity contribution in [1.29, 1.82) is 0 Å². The van der Waals surface area contributed by atoms with Crippen LogP contribution in [0.4, 0.5) is 0 Å². The van der Waals surface area contributed by atoms with Crippen LogP contribution in [0.5, 0.6) is 0 Å². The van der Waals surface area contributed by atoms with Crippen LogP contribution in [0.25, 0.3) is 0 Å². The van der Waals surface area contributed by atoms with Crippen LogP contribution < -0.4 is 10.6 Å². The SMILES string of the molecule is CCNC(=O)CNC(=O)c1cc(C)c(C#CCO)s1. The van der Waals surface area contributed by atoms with E-state index in [0.29, 0.717) is 11.4 Å². The van der Waals surface area contributed by atoms with Gasteiger partial charge in [0.05, 0.1) is 16.3 Å². The summed E-state index contributed by atoms with van der Waals surface area (Å²) >= 11 is 1.24. The van der Waals surface area contributed by atoms with Crippen molar-refractivity contribution in [3.63, 3.8) is 0 Å². The molecule has 0 saturated heterocycles. The quantitative estimate of drug-likeness (QED) is 0.693. The molecular weight excluding hydrogens is 264 g/mol. The second kappa shape index (κ2) is 7.56. The summed E-state index contributed by atoms with van der Waals surface area (Å²) in [4.78, 5) is 24.3. The second-order valence-corrected chi connectivity index (χ2v) is 4.77. The molecule has 0 fully saturated rings. The van der Waals surface area contributed by atoms with Gasteiger partial charge in [-0.05, 0) is 25.5 Å². The molecule has 0 saturated carbocycles. The number of thiophene rings is 1. The fourth-order valence-corrected chi connectivity index (χ4v) is 2.31. The third-order valence-electron chi connectivity index (χ3n) is 2.21. The number of aliphatic hydroxyl groups is 1. The average molecular weight is 280 g/mol. The van der Waals surface area contributed by atoms with Gasteiger partial charge in [-0.25, -0.2) is 0 Å². The molecule has 5 nitrogen and oxygen atoms in total. The van der Waals surface area contributed by atoms with E-state index >= 15 is 0 Å². The Hall–Kier alpha value is -1.84. The number of aliphatic hydroxyl groups excluding tert-OH is 1. The first-order valence-electron chi connectivity index (χ1n) is 5.83. The van der Waals surface area contributed by atoms with Gasteiger partial charge in [-0.2, -0.15) is 0 Å². The van der Waals surface area contributed by atoms with Crippen LogP contribution in [-0.4, -0.2) is 36.6 Å². The molecule has 19 heavy (non-hydrogen) atoms. The number of nitrogens with one attached hydrogen (secondary N) is 2. The Labute approximate surface area is 116 Å². The highest BCUT2D eigenvalue weighted by atomic mass is 32.1. The third-order valence-corrected chi connectivity index (χ3v) is 3.36. The Morgan fingerprint density at radius 1 is 1.42 bits per heavy atom. The fraction of sp³-hybridized carbons (Fsp3) is 0.385. The fourth-order valence-electron chi connectivity index (χ4n) is 1.35. The molecule has 1 heterocycles. The largest absolute Gasteiger partial charge is 0.384 e. The van der Waals surface area contributed by atoms with Gasteiger partial charge in [0.25, 0.3) is 5.91 Å². The minimum atomic E-state index is -0.295. The molecule has 0 aromatic carbocycles. The van der Waals surface area contributed by atoms with Crippen LogP contribution in [0.15, 0.2) is 6.07 Å². The molecule has 6 heteroatoms. The third kappa shape index (κ3) is 4.73. The van der Waals surface area contributed by atoms with Crippen LogP contribution in [0.1, 0.15) is 27.0 Å².